The van der Waals surface area contributed by atoms with Gasteiger partial charge < -0.3 is 9.80 Å². The summed E-state index contributed by atoms with van der Waals surface area (Å²) in [6.07, 6.45) is 3.07. The van der Waals surface area contributed by atoms with Crippen LogP contribution in [0.1, 0.15) is 35.0 Å². The first-order valence-corrected chi connectivity index (χ1v) is 11.3. The van der Waals surface area contributed by atoms with Gasteiger partial charge in [-0.3, -0.25) is 14.7 Å². The van der Waals surface area contributed by atoms with Gasteiger partial charge in [0.1, 0.15) is 5.69 Å². The van der Waals surface area contributed by atoms with Crippen LogP contribution in [0.15, 0.2) is 60.8 Å². The Bertz CT molecular complexity index is 1060. The molecular formula is C26H30N4O2. The van der Waals surface area contributed by atoms with E-state index in [2.05, 4.69) is 60.4 Å². The zero-order valence-electron chi connectivity index (χ0n) is 18.8. The van der Waals surface area contributed by atoms with Crippen molar-refractivity contribution in [1.29, 1.82) is 0 Å². The van der Waals surface area contributed by atoms with Gasteiger partial charge in [-0.15, -0.1) is 0 Å². The van der Waals surface area contributed by atoms with Gasteiger partial charge in [0.2, 0.25) is 5.91 Å². The number of nitrogens with one attached hydrogen (secondary N) is 1. The predicted octanol–water partition coefficient (Wildman–Crippen LogP) is 3.94. The Morgan fingerprint density at radius 2 is 1.88 bits per heavy atom. The average Bonchev–Trinajstić information content (AvgIpc) is 3.30. The van der Waals surface area contributed by atoms with Crippen molar-refractivity contribution in [3.05, 3.63) is 77.6 Å². The maximum atomic E-state index is 13.5. The fraction of sp³-hybridized carbons (Fsp3) is 0.346. The second-order valence-electron chi connectivity index (χ2n) is 8.47. The average molecular weight is 431 g/mol. The molecule has 0 aliphatic carbocycles. The Morgan fingerprint density at radius 3 is 2.59 bits per heavy atom. The summed E-state index contributed by atoms with van der Waals surface area (Å²) in [6, 6.07) is 18.4. The minimum atomic E-state index is -0.289. The fourth-order valence-corrected chi connectivity index (χ4v) is 4.40. The smallest absolute Gasteiger partial charge is 0.271 e. The van der Waals surface area contributed by atoms with Crippen molar-refractivity contribution in [2.75, 3.05) is 26.2 Å². The summed E-state index contributed by atoms with van der Waals surface area (Å²) in [5, 5.41) is 6.67. The second-order valence-corrected chi connectivity index (χ2v) is 8.47. The normalized spacial score (nSPS) is 16.8. The molecule has 2 amide bonds. The molecule has 1 aliphatic heterocycles. The number of amides is 2. The van der Waals surface area contributed by atoms with Gasteiger partial charge in [-0.2, -0.15) is 5.10 Å². The van der Waals surface area contributed by atoms with Gasteiger partial charge in [-0.05, 0) is 42.5 Å². The van der Waals surface area contributed by atoms with Crippen LogP contribution in [0.4, 0.5) is 0 Å². The molecule has 166 valence electrons. The SMILES string of the molecule is CCCN1CCN(C(=O)c2ccn[nH]2)C[C@@H](Cc2ccccc2-c2ccc(C)cc2)C1=O. The Hall–Kier alpha value is -3.41. The molecule has 4 rings (SSSR count). The van der Waals surface area contributed by atoms with Crippen molar-refractivity contribution < 1.29 is 9.59 Å². The van der Waals surface area contributed by atoms with Gasteiger partial charge in [-0.25, -0.2) is 0 Å². The van der Waals surface area contributed by atoms with Gasteiger partial charge in [0.15, 0.2) is 0 Å². The molecule has 0 spiro atoms. The van der Waals surface area contributed by atoms with Gasteiger partial charge in [0.05, 0.1) is 5.92 Å². The third-order valence-electron chi connectivity index (χ3n) is 6.10. The highest BCUT2D eigenvalue weighted by molar-refractivity contribution is 5.93. The van der Waals surface area contributed by atoms with Crippen LogP contribution in [-0.4, -0.2) is 58.0 Å². The number of H-pyrrole nitrogens is 1. The van der Waals surface area contributed by atoms with Crippen LogP contribution in [0, 0.1) is 12.8 Å². The van der Waals surface area contributed by atoms with E-state index in [1.54, 1.807) is 17.2 Å². The molecule has 1 aliphatic rings. The van der Waals surface area contributed by atoms with Gasteiger partial charge in [0.25, 0.3) is 5.91 Å². The molecule has 0 bridgehead atoms. The largest absolute Gasteiger partial charge is 0.341 e. The summed E-state index contributed by atoms with van der Waals surface area (Å²) in [5.74, 6) is -0.265. The molecule has 1 atom stereocenters. The number of hydrogen-bond acceptors (Lipinski definition) is 3. The third kappa shape index (κ3) is 4.74. The van der Waals surface area contributed by atoms with E-state index in [9.17, 15) is 9.59 Å². The van der Waals surface area contributed by atoms with Crippen molar-refractivity contribution in [3.8, 4) is 11.1 Å². The molecule has 0 unspecified atom stereocenters. The van der Waals surface area contributed by atoms with Crippen molar-refractivity contribution in [3.63, 3.8) is 0 Å². The number of rotatable bonds is 6. The minimum Gasteiger partial charge on any atom is -0.341 e. The molecule has 1 N–H and O–H groups in total. The monoisotopic (exact) mass is 430 g/mol. The summed E-state index contributed by atoms with van der Waals surface area (Å²) >= 11 is 0. The van der Waals surface area contributed by atoms with Crippen LogP contribution >= 0.6 is 0 Å². The first kappa shape index (κ1) is 21.8. The van der Waals surface area contributed by atoms with Crippen LogP contribution in [0.5, 0.6) is 0 Å². The van der Waals surface area contributed by atoms with E-state index in [0.717, 1.165) is 23.1 Å². The third-order valence-corrected chi connectivity index (χ3v) is 6.10. The molecule has 6 heteroatoms. The molecule has 3 aromatic rings. The van der Waals surface area contributed by atoms with Crippen molar-refractivity contribution in [2.24, 2.45) is 5.92 Å². The summed E-state index contributed by atoms with van der Waals surface area (Å²) in [4.78, 5) is 30.2. The summed E-state index contributed by atoms with van der Waals surface area (Å²) in [7, 11) is 0. The standard InChI is InChI=1S/C26H30N4O2/c1-3-14-29-15-16-30(26(32)24-12-13-27-28-24)18-22(25(29)31)17-21-6-4-5-7-23(21)20-10-8-19(2)9-11-20/h4-13,22H,3,14-18H2,1-2H3,(H,27,28)/t22-/m1/s1. The lowest BCUT2D eigenvalue weighted by Crippen LogP contribution is -2.38. The Morgan fingerprint density at radius 1 is 1.09 bits per heavy atom. The van der Waals surface area contributed by atoms with Crippen LogP contribution in [0.3, 0.4) is 0 Å². The van der Waals surface area contributed by atoms with Crippen molar-refractivity contribution in [2.45, 2.75) is 26.7 Å². The molecule has 0 radical (unpaired) electrons. The highest BCUT2D eigenvalue weighted by Crippen LogP contribution is 2.28. The quantitative estimate of drug-likeness (QED) is 0.644. The number of aromatic nitrogens is 2. The lowest BCUT2D eigenvalue weighted by atomic mass is 9.91. The van der Waals surface area contributed by atoms with Crippen LogP contribution < -0.4 is 0 Å². The number of aryl methyl sites for hydroxylation is 1. The van der Waals surface area contributed by atoms with E-state index in [-0.39, 0.29) is 17.7 Å². The molecule has 2 heterocycles. The molecule has 1 fully saturated rings. The number of aromatic amines is 1. The van der Waals surface area contributed by atoms with Crippen LogP contribution in [0.25, 0.3) is 11.1 Å². The van der Waals surface area contributed by atoms with Crippen molar-refractivity contribution in [1.82, 2.24) is 20.0 Å². The highest BCUT2D eigenvalue weighted by Gasteiger charge is 2.33. The van der Waals surface area contributed by atoms with Gasteiger partial charge >= 0.3 is 0 Å². The Kier molecular flexibility index (Phi) is 6.69. The zero-order chi connectivity index (χ0) is 22.5. The molecule has 1 aromatic heterocycles. The molecule has 32 heavy (non-hydrogen) atoms. The number of benzene rings is 2. The van der Waals surface area contributed by atoms with E-state index < -0.39 is 0 Å². The molecule has 6 nitrogen and oxygen atoms in total. The fourth-order valence-electron chi connectivity index (χ4n) is 4.40. The number of carbonyl (C=O) groups is 2. The molecule has 2 aromatic carbocycles. The van der Waals surface area contributed by atoms with E-state index in [4.69, 9.17) is 0 Å². The maximum Gasteiger partial charge on any atom is 0.271 e. The predicted molar refractivity (Wildman–Crippen MR) is 125 cm³/mol. The molecule has 1 saturated heterocycles. The lowest BCUT2D eigenvalue weighted by Gasteiger charge is -2.24. The first-order valence-electron chi connectivity index (χ1n) is 11.3. The van der Waals surface area contributed by atoms with Crippen molar-refractivity contribution >= 4 is 11.8 Å². The summed E-state index contributed by atoms with van der Waals surface area (Å²) < 4.78 is 0. The van der Waals surface area contributed by atoms with Crippen LogP contribution in [-0.2, 0) is 11.2 Å². The molecular weight excluding hydrogens is 400 g/mol. The summed E-state index contributed by atoms with van der Waals surface area (Å²) in [5.41, 5.74) is 5.08. The number of nitrogens with zero attached hydrogens (tertiary/aromatic N) is 3. The Labute approximate surface area is 189 Å². The Balaban J connectivity index is 1.63. The first-order chi connectivity index (χ1) is 15.6. The van der Waals surface area contributed by atoms with Crippen LogP contribution in [0.2, 0.25) is 0 Å². The lowest BCUT2D eigenvalue weighted by molar-refractivity contribution is -0.134. The number of carbonyl (C=O) groups excluding carboxylic acids is 2. The topological polar surface area (TPSA) is 69.3 Å². The number of hydrogen-bond donors (Lipinski definition) is 1. The van der Waals surface area contributed by atoms with Gasteiger partial charge in [0, 0.05) is 32.4 Å². The van der Waals surface area contributed by atoms with Gasteiger partial charge in [-0.1, -0.05) is 61.0 Å². The van der Waals surface area contributed by atoms with E-state index in [0.29, 0.717) is 38.3 Å². The molecule has 0 saturated carbocycles. The van der Waals surface area contributed by atoms with E-state index in [1.165, 1.54) is 5.56 Å². The highest BCUT2D eigenvalue weighted by atomic mass is 16.2. The minimum absolute atomic E-state index is 0.106. The van der Waals surface area contributed by atoms with E-state index in [1.807, 2.05) is 17.0 Å². The zero-order valence-corrected chi connectivity index (χ0v) is 18.8. The second kappa shape index (κ2) is 9.81. The van der Waals surface area contributed by atoms with E-state index >= 15 is 0 Å². The maximum absolute atomic E-state index is 13.5. The summed E-state index contributed by atoms with van der Waals surface area (Å²) in [6.45, 7) is 6.35.